The maximum atomic E-state index is 12.4. The summed E-state index contributed by atoms with van der Waals surface area (Å²) in [5.41, 5.74) is 0.0228. The molecule has 0 saturated carbocycles. The Bertz CT molecular complexity index is 554. The third kappa shape index (κ3) is 2.84. The van der Waals surface area contributed by atoms with Gasteiger partial charge in [0.2, 0.25) is 0 Å². The lowest BCUT2D eigenvalue weighted by Gasteiger charge is -2.22. The summed E-state index contributed by atoms with van der Waals surface area (Å²) in [7, 11) is 1.22. The number of aliphatic hydroxyl groups is 1. The van der Waals surface area contributed by atoms with E-state index in [4.69, 9.17) is 23.2 Å². The molecule has 2 heterocycles. The second-order valence-corrected chi connectivity index (χ2v) is 5.00. The summed E-state index contributed by atoms with van der Waals surface area (Å²) in [6, 6.07) is 0.406. The van der Waals surface area contributed by atoms with E-state index in [1.54, 1.807) is 0 Å². The topological polar surface area (TPSA) is 92.6 Å². The highest BCUT2D eigenvalue weighted by Crippen LogP contribution is 2.24. The number of likely N-dealkylation sites (tertiary alicyclic amines) is 1. The van der Waals surface area contributed by atoms with Gasteiger partial charge in [-0.1, -0.05) is 23.2 Å². The molecule has 1 aliphatic heterocycles. The van der Waals surface area contributed by atoms with Crippen LogP contribution >= 0.6 is 23.2 Å². The molecule has 1 fully saturated rings. The molecular formula is C11H11Cl2N3O4. The summed E-state index contributed by atoms with van der Waals surface area (Å²) in [4.78, 5) is 25.2. The Morgan fingerprint density at radius 1 is 1.45 bits per heavy atom. The first-order valence-electron chi connectivity index (χ1n) is 5.69. The van der Waals surface area contributed by atoms with E-state index in [2.05, 4.69) is 14.9 Å². The lowest BCUT2D eigenvalue weighted by Crippen LogP contribution is -2.41. The Morgan fingerprint density at radius 3 is 2.80 bits per heavy atom. The van der Waals surface area contributed by atoms with Gasteiger partial charge in [-0.25, -0.2) is 4.79 Å². The Hall–Kier alpha value is -1.44. The van der Waals surface area contributed by atoms with Crippen molar-refractivity contribution in [2.24, 2.45) is 0 Å². The third-order valence-electron chi connectivity index (χ3n) is 2.96. The minimum absolute atomic E-state index is 0.00659. The first kappa shape index (κ1) is 15.0. The minimum Gasteiger partial charge on any atom is -0.467 e. The number of amides is 1. The van der Waals surface area contributed by atoms with Crippen LogP contribution in [0.2, 0.25) is 10.3 Å². The van der Waals surface area contributed by atoms with E-state index in [9.17, 15) is 14.7 Å². The first-order chi connectivity index (χ1) is 9.43. The number of β-amino-alcohol motifs (C(OH)–C–C–N with tert-alkyl or cyclic N) is 1. The van der Waals surface area contributed by atoms with Gasteiger partial charge in [-0.05, 0) is 6.07 Å². The molecule has 1 saturated heterocycles. The standard InChI is InChI=1S/C11H11Cl2N3O4/c1-20-11(19)7-2-5(17)4-16(7)10(18)6-3-8(12)14-15-9(6)13/h3,5,7,17H,2,4H2,1H3. The van der Waals surface area contributed by atoms with Gasteiger partial charge in [0.05, 0.1) is 18.8 Å². The summed E-state index contributed by atoms with van der Waals surface area (Å²) in [6.07, 6.45) is -0.686. The van der Waals surface area contributed by atoms with Crippen LogP contribution < -0.4 is 0 Å². The molecule has 0 radical (unpaired) electrons. The van der Waals surface area contributed by atoms with Crippen molar-refractivity contribution in [2.75, 3.05) is 13.7 Å². The quantitative estimate of drug-likeness (QED) is 0.799. The molecule has 1 aromatic rings. The van der Waals surface area contributed by atoms with Crippen molar-refractivity contribution in [3.8, 4) is 0 Å². The summed E-state index contributed by atoms with van der Waals surface area (Å²) in [5.74, 6) is -1.15. The molecule has 0 bridgehead atoms. The lowest BCUT2D eigenvalue weighted by atomic mass is 10.2. The van der Waals surface area contributed by atoms with Crippen molar-refractivity contribution in [3.05, 3.63) is 21.9 Å². The number of esters is 1. The highest BCUT2D eigenvalue weighted by molar-refractivity contribution is 6.34. The third-order valence-corrected chi connectivity index (χ3v) is 3.43. The number of ether oxygens (including phenoxy) is 1. The molecule has 108 valence electrons. The van der Waals surface area contributed by atoms with E-state index in [1.165, 1.54) is 18.1 Å². The van der Waals surface area contributed by atoms with Gasteiger partial charge in [0.15, 0.2) is 10.3 Å². The van der Waals surface area contributed by atoms with Crippen molar-refractivity contribution >= 4 is 35.1 Å². The summed E-state index contributed by atoms with van der Waals surface area (Å²) in [6.45, 7) is 0.00880. The average Bonchev–Trinajstić information content (AvgIpc) is 2.82. The Balaban J connectivity index is 2.31. The van der Waals surface area contributed by atoms with Crippen molar-refractivity contribution in [1.29, 1.82) is 0 Å². The second-order valence-electron chi connectivity index (χ2n) is 4.26. The Kier molecular flexibility index (Phi) is 4.42. The van der Waals surface area contributed by atoms with E-state index in [0.29, 0.717) is 0 Å². The number of hydrogen-bond donors (Lipinski definition) is 1. The molecule has 1 amide bonds. The van der Waals surface area contributed by atoms with Crippen LogP contribution in [0.1, 0.15) is 16.8 Å². The molecule has 20 heavy (non-hydrogen) atoms. The highest BCUT2D eigenvalue weighted by atomic mass is 35.5. The van der Waals surface area contributed by atoms with Crippen LogP contribution in [-0.2, 0) is 9.53 Å². The largest absolute Gasteiger partial charge is 0.467 e. The molecule has 1 aliphatic rings. The smallest absolute Gasteiger partial charge is 0.328 e. The predicted octanol–water partition coefficient (Wildman–Crippen LogP) is 0.532. The summed E-state index contributed by atoms with van der Waals surface area (Å²) < 4.78 is 4.62. The van der Waals surface area contributed by atoms with Crippen molar-refractivity contribution in [2.45, 2.75) is 18.6 Å². The van der Waals surface area contributed by atoms with Gasteiger partial charge in [0.25, 0.3) is 5.91 Å². The van der Waals surface area contributed by atoms with Crippen molar-refractivity contribution in [1.82, 2.24) is 15.1 Å². The van der Waals surface area contributed by atoms with E-state index < -0.39 is 24.0 Å². The van der Waals surface area contributed by atoms with Crippen LogP contribution in [0.5, 0.6) is 0 Å². The molecule has 2 unspecified atom stereocenters. The van der Waals surface area contributed by atoms with Crippen LogP contribution in [-0.4, -0.2) is 57.9 Å². The van der Waals surface area contributed by atoms with Crippen LogP contribution in [0.4, 0.5) is 0 Å². The van der Waals surface area contributed by atoms with E-state index >= 15 is 0 Å². The molecule has 7 nitrogen and oxygen atoms in total. The van der Waals surface area contributed by atoms with Crippen LogP contribution in [0.15, 0.2) is 6.07 Å². The van der Waals surface area contributed by atoms with Gasteiger partial charge in [-0.3, -0.25) is 4.79 Å². The number of nitrogens with zero attached hydrogens (tertiary/aromatic N) is 3. The minimum atomic E-state index is -0.856. The number of carbonyl (C=O) groups excluding carboxylic acids is 2. The molecule has 0 spiro atoms. The predicted molar refractivity (Wildman–Crippen MR) is 69.5 cm³/mol. The van der Waals surface area contributed by atoms with Gasteiger partial charge in [0.1, 0.15) is 6.04 Å². The molecule has 1 N–H and O–H groups in total. The fourth-order valence-electron chi connectivity index (χ4n) is 2.06. The fraction of sp³-hybridized carbons (Fsp3) is 0.455. The fourth-order valence-corrected chi connectivity index (χ4v) is 2.38. The SMILES string of the molecule is COC(=O)C1CC(O)CN1C(=O)c1cc(Cl)nnc1Cl. The maximum Gasteiger partial charge on any atom is 0.328 e. The van der Waals surface area contributed by atoms with E-state index in [0.717, 1.165) is 0 Å². The van der Waals surface area contributed by atoms with E-state index in [1.807, 2.05) is 0 Å². The van der Waals surface area contributed by atoms with Crippen LogP contribution in [0, 0.1) is 0 Å². The molecule has 0 aliphatic carbocycles. The molecule has 2 rings (SSSR count). The highest BCUT2D eigenvalue weighted by Gasteiger charge is 2.40. The maximum absolute atomic E-state index is 12.4. The average molecular weight is 320 g/mol. The van der Waals surface area contributed by atoms with Crippen LogP contribution in [0.25, 0.3) is 0 Å². The number of aromatic nitrogens is 2. The number of halogens is 2. The summed E-state index contributed by atoms with van der Waals surface area (Å²) in [5, 5.41) is 16.6. The number of methoxy groups -OCH3 is 1. The first-order valence-corrected chi connectivity index (χ1v) is 6.45. The lowest BCUT2D eigenvalue weighted by molar-refractivity contribution is -0.145. The molecule has 9 heteroatoms. The number of carbonyl (C=O) groups is 2. The van der Waals surface area contributed by atoms with E-state index in [-0.39, 0.29) is 28.8 Å². The van der Waals surface area contributed by atoms with Crippen molar-refractivity contribution < 1.29 is 19.4 Å². The van der Waals surface area contributed by atoms with Gasteiger partial charge in [0, 0.05) is 13.0 Å². The molecule has 2 atom stereocenters. The Labute approximate surface area is 124 Å². The second kappa shape index (κ2) is 5.90. The normalized spacial score (nSPS) is 21.9. The number of rotatable bonds is 2. The van der Waals surface area contributed by atoms with Gasteiger partial charge < -0.3 is 14.7 Å². The zero-order valence-electron chi connectivity index (χ0n) is 10.4. The van der Waals surface area contributed by atoms with Gasteiger partial charge in [-0.15, -0.1) is 10.2 Å². The molecular weight excluding hydrogens is 309 g/mol. The molecule has 1 aromatic heterocycles. The van der Waals surface area contributed by atoms with Gasteiger partial charge in [-0.2, -0.15) is 0 Å². The van der Waals surface area contributed by atoms with Crippen molar-refractivity contribution in [3.63, 3.8) is 0 Å². The number of hydrogen-bond acceptors (Lipinski definition) is 6. The zero-order chi connectivity index (χ0) is 14.9. The van der Waals surface area contributed by atoms with Crippen LogP contribution in [0.3, 0.4) is 0 Å². The number of aliphatic hydroxyl groups excluding tert-OH is 1. The zero-order valence-corrected chi connectivity index (χ0v) is 11.9. The molecule has 0 aromatic carbocycles. The monoisotopic (exact) mass is 319 g/mol. The Morgan fingerprint density at radius 2 is 2.15 bits per heavy atom. The van der Waals surface area contributed by atoms with Gasteiger partial charge >= 0.3 is 5.97 Å². The summed E-state index contributed by atoms with van der Waals surface area (Å²) >= 11 is 11.5.